The summed E-state index contributed by atoms with van der Waals surface area (Å²) in [4.78, 5) is 32.0. The highest BCUT2D eigenvalue weighted by Crippen LogP contribution is 2.26. The van der Waals surface area contributed by atoms with Crippen LogP contribution in [-0.2, 0) is 4.79 Å². The third-order valence-corrected chi connectivity index (χ3v) is 6.76. The first-order valence-corrected chi connectivity index (χ1v) is 12.3. The van der Waals surface area contributed by atoms with E-state index in [1.54, 1.807) is 22.4 Å². The van der Waals surface area contributed by atoms with Gasteiger partial charge in [0.1, 0.15) is 0 Å². The molecular formula is C25H23N3O2S2. The number of rotatable bonds is 6. The monoisotopic (exact) mass is 461 g/mol. The lowest BCUT2D eigenvalue weighted by molar-refractivity contribution is -0.113. The number of carbonyl (C=O) groups is 1. The van der Waals surface area contributed by atoms with E-state index in [9.17, 15) is 9.59 Å². The maximum Gasteiger partial charge on any atom is 0.266 e. The molecule has 0 unspecified atom stereocenters. The fraction of sp³-hybridized carbons (Fsp3) is 0.160. The summed E-state index contributed by atoms with van der Waals surface area (Å²) in [6.45, 7) is 3.95. The van der Waals surface area contributed by atoms with Crippen LogP contribution in [0.2, 0.25) is 0 Å². The topological polar surface area (TPSA) is 64.0 Å². The number of fused-ring (bicyclic) bond motifs is 1. The molecule has 4 aromatic rings. The molecule has 1 aromatic heterocycles. The van der Waals surface area contributed by atoms with Crippen molar-refractivity contribution >= 4 is 46.0 Å². The first-order chi connectivity index (χ1) is 15.5. The summed E-state index contributed by atoms with van der Waals surface area (Å²) in [5.74, 6) is -0.0112. The molecule has 0 fully saturated rings. The van der Waals surface area contributed by atoms with Gasteiger partial charge in [-0.15, -0.1) is 11.8 Å². The van der Waals surface area contributed by atoms with E-state index in [0.29, 0.717) is 16.1 Å². The third kappa shape index (κ3) is 4.59. The van der Waals surface area contributed by atoms with Gasteiger partial charge in [0.05, 0.1) is 22.3 Å². The number of thioether (sulfide) groups is 2. The molecule has 1 amide bonds. The van der Waals surface area contributed by atoms with Gasteiger partial charge in [0, 0.05) is 10.6 Å². The molecule has 162 valence electrons. The Hall–Kier alpha value is -3.03. The van der Waals surface area contributed by atoms with Crippen molar-refractivity contribution in [3.8, 4) is 5.69 Å². The second-order valence-corrected chi connectivity index (χ2v) is 9.18. The van der Waals surface area contributed by atoms with E-state index in [4.69, 9.17) is 4.98 Å². The van der Waals surface area contributed by atoms with Crippen molar-refractivity contribution < 1.29 is 4.79 Å². The van der Waals surface area contributed by atoms with Crippen LogP contribution in [0.3, 0.4) is 0 Å². The molecule has 0 aliphatic carbocycles. The molecule has 0 aliphatic rings. The molecule has 5 nitrogen and oxygen atoms in total. The molecule has 4 rings (SSSR count). The summed E-state index contributed by atoms with van der Waals surface area (Å²) in [6, 6.07) is 20.9. The maximum atomic E-state index is 13.5. The number of benzene rings is 3. The van der Waals surface area contributed by atoms with E-state index in [-0.39, 0.29) is 17.2 Å². The Morgan fingerprint density at radius 1 is 1.00 bits per heavy atom. The molecule has 3 aromatic carbocycles. The zero-order chi connectivity index (χ0) is 22.7. The van der Waals surface area contributed by atoms with Crippen LogP contribution >= 0.6 is 23.5 Å². The van der Waals surface area contributed by atoms with Crippen molar-refractivity contribution in [2.24, 2.45) is 0 Å². The Balaban J connectivity index is 1.70. The van der Waals surface area contributed by atoms with Crippen LogP contribution in [0.5, 0.6) is 0 Å². The second-order valence-electron chi connectivity index (χ2n) is 7.36. The van der Waals surface area contributed by atoms with Crippen molar-refractivity contribution in [3.63, 3.8) is 0 Å². The number of aromatic nitrogens is 2. The van der Waals surface area contributed by atoms with Gasteiger partial charge < -0.3 is 5.32 Å². The van der Waals surface area contributed by atoms with Crippen molar-refractivity contribution in [1.29, 1.82) is 0 Å². The van der Waals surface area contributed by atoms with Crippen molar-refractivity contribution in [1.82, 2.24) is 9.55 Å². The minimum Gasteiger partial charge on any atom is -0.325 e. The van der Waals surface area contributed by atoms with Crippen LogP contribution < -0.4 is 10.9 Å². The van der Waals surface area contributed by atoms with Crippen LogP contribution in [0, 0.1) is 13.8 Å². The lowest BCUT2D eigenvalue weighted by atomic mass is 10.1. The Bertz CT molecular complexity index is 1340. The summed E-state index contributed by atoms with van der Waals surface area (Å²) in [6.07, 6.45) is 2.00. The van der Waals surface area contributed by atoms with Crippen molar-refractivity contribution in [2.45, 2.75) is 23.9 Å². The number of hydrogen-bond acceptors (Lipinski definition) is 5. The molecule has 0 aliphatic heterocycles. The van der Waals surface area contributed by atoms with Gasteiger partial charge >= 0.3 is 0 Å². The number of hydrogen-bond donors (Lipinski definition) is 1. The van der Waals surface area contributed by atoms with E-state index in [1.165, 1.54) is 11.8 Å². The summed E-state index contributed by atoms with van der Waals surface area (Å²) in [7, 11) is 0. The Morgan fingerprint density at radius 2 is 1.72 bits per heavy atom. The largest absolute Gasteiger partial charge is 0.325 e. The smallest absolute Gasteiger partial charge is 0.266 e. The number of para-hydroxylation sites is 2. The molecule has 0 saturated carbocycles. The Kier molecular flexibility index (Phi) is 6.67. The average Bonchev–Trinajstić information content (AvgIpc) is 2.79. The molecule has 0 atom stereocenters. The zero-order valence-electron chi connectivity index (χ0n) is 18.1. The summed E-state index contributed by atoms with van der Waals surface area (Å²) < 4.78 is 1.64. The van der Waals surface area contributed by atoms with Crippen LogP contribution in [-0.4, -0.2) is 27.5 Å². The number of amides is 1. The van der Waals surface area contributed by atoms with Gasteiger partial charge in [-0.3, -0.25) is 14.2 Å². The van der Waals surface area contributed by atoms with Gasteiger partial charge in [-0.25, -0.2) is 4.98 Å². The summed E-state index contributed by atoms with van der Waals surface area (Å²) in [5, 5.41) is 3.99. The van der Waals surface area contributed by atoms with Gasteiger partial charge in [0.2, 0.25) is 5.91 Å². The van der Waals surface area contributed by atoms with Crippen LogP contribution in [0.25, 0.3) is 16.6 Å². The average molecular weight is 462 g/mol. The summed E-state index contributed by atoms with van der Waals surface area (Å²) >= 11 is 2.88. The van der Waals surface area contributed by atoms with E-state index < -0.39 is 0 Å². The fourth-order valence-corrected chi connectivity index (χ4v) is 4.85. The standard InChI is InChI=1S/C25H23N3O2S2/c1-16-8-6-9-17(2)23(16)28-24(30)20-12-4-5-13-21(20)27-25(28)32-15-22(29)26-18-10-7-11-19(14-18)31-3/h4-14H,15H2,1-3H3,(H,26,29). The number of aryl methyl sites for hydroxylation is 2. The highest BCUT2D eigenvalue weighted by molar-refractivity contribution is 7.99. The predicted molar refractivity (Wildman–Crippen MR) is 134 cm³/mol. The molecule has 1 N–H and O–H groups in total. The maximum absolute atomic E-state index is 13.5. The highest BCUT2D eigenvalue weighted by atomic mass is 32.2. The first kappa shape index (κ1) is 22.2. The normalized spacial score (nSPS) is 11.0. The fourth-order valence-electron chi connectivity index (χ4n) is 3.59. The number of nitrogens with zero attached hydrogens (tertiary/aromatic N) is 2. The Morgan fingerprint density at radius 3 is 2.47 bits per heavy atom. The lowest BCUT2D eigenvalue weighted by Crippen LogP contribution is -2.24. The van der Waals surface area contributed by atoms with Gasteiger partial charge in [-0.1, -0.05) is 48.2 Å². The second kappa shape index (κ2) is 9.63. The molecule has 7 heteroatoms. The van der Waals surface area contributed by atoms with E-state index in [2.05, 4.69) is 5.32 Å². The molecule has 0 radical (unpaired) electrons. The number of anilines is 1. The van der Waals surface area contributed by atoms with Gasteiger partial charge in [0.25, 0.3) is 5.56 Å². The van der Waals surface area contributed by atoms with Gasteiger partial charge in [-0.05, 0) is 61.6 Å². The first-order valence-electron chi connectivity index (χ1n) is 10.1. The molecule has 32 heavy (non-hydrogen) atoms. The van der Waals surface area contributed by atoms with Crippen LogP contribution in [0.1, 0.15) is 11.1 Å². The van der Waals surface area contributed by atoms with Crippen molar-refractivity contribution in [2.75, 3.05) is 17.3 Å². The molecule has 0 bridgehead atoms. The quantitative estimate of drug-likeness (QED) is 0.305. The molecule has 0 saturated heterocycles. The number of carbonyl (C=O) groups excluding carboxylic acids is 1. The SMILES string of the molecule is CSc1cccc(NC(=O)CSc2nc3ccccc3c(=O)n2-c2c(C)cccc2C)c1. The van der Waals surface area contributed by atoms with Gasteiger partial charge in [-0.2, -0.15) is 0 Å². The van der Waals surface area contributed by atoms with Crippen LogP contribution in [0.15, 0.2) is 81.6 Å². The highest BCUT2D eigenvalue weighted by Gasteiger charge is 2.17. The molecule has 0 spiro atoms. The summed E-state index contributed by atoms with van der Waals surface area (Å²) in [5.41, 5.74) is 4.00. The van der Waals surface area contributed by atoms with Crippen LogP contribution in [0.4, 0.5) is 5.69 Å². The lowest BCUT2D eigenvalue weighted by Gasteiger charge is -2.17. The minimum atomic E-state index is -0.149. The molecule has 1 heterocycles. The number of nitrogens with one attached hydrogen (secondary N) is 1. The van der Waals surface area contributed by atoms with E-state index in [0.717, 1.165) is 27.4 Å². The van der Waals surface area contributed by atoms with E-state index in [1.807, 2.05) is 80.8 Å². The minimum absolute atomic E-state index is 0.136. The Labute approximate surface area is 195 Å². The predicted octanol–water partition coefficient (Wildman–Crippen LogP) is 5.46. The third-order valence-electron chi connectivity index (χ3n) is 5.09. The molecular weight excluding hydrogens is 438 g/mol. The van der Waals surface area contributed by atoms with Crippen molar-refractivity contribution in [3.05, 3.63) is 88.2 Å². The zero-order valence-corrected chi connectivity index (χ0v) is 19.7. The van der Waals surface area contributed by atoms with Gasteiger partial charge in [0.15, 0.2) is 5.16 Å². The van der Waals surface area contributed by atoms with E-state index >= 15 is 0 Å².